The van der Waals surface area contributed by atoms with Crippen LogP contribution in [-0.4, -0.2) is 60.8 Å². The zero-order valence-corrected chi connectivity index (χ0v) is 17.7. The highest BCUT2D eigenvalue weighted by Gasteiger charge is 2.25. The summed E-state index contributed by atoms with van der Waals surface area (Å²) in [6.07, 6.45) is 9.03. The van der Waals surface area contributed by atoms with Gasteiger partial charge in [0, 0.05) is 44.8 Å². The Morgan fingerprint density at radius 3 is 2.80 bits per heavy atom. The van der Waals surface area contributed by atoms with Crippen LogP contribution in [-0.2, 0) is 6.54 Å². The first-order chi connectivity index (χ1) is 14.6. The van der Waals surface area contributed by atoms with E-state index in [2.05, 4.69) is 52.0 Å². The largest absolute Gasteiger partial charge is 0.494 e. The molecule has 1 saturated heterocycles. The summed E-state index contributed by atoms with van der Waals surface area (Å²) in [5.74, 6) is 3.79. The molecule has 0 spiro atoms. The molecule has 1 aromatic carbocycles. The minimum atomic E-state index is -0.610. The van der Waals surface area contributed by atoms with Crippen LogP contribution >= 0.6 is 0 Å². The van der Waals surface area contributed by atoms with E-state index in [1.165, 1.54) is 16.7 Å². The summed E-state index contributed by atoms with van der Waals surface area (Å²) in [6, 6.07) is 10.5. The lowest BCUT2D eigenvalue weighted by atomic mass is 9.85. The lowest BCUT2D eigenvalue weighted by Gasteiger charge is -2.32. The Kier molecular flexibility index (Phi) is 6.66. The third-order valence-corrected chi connectivity index (χ3v) is 6.17. The van der Waals surface area contributed by atoms with Crippen LogP contribution in [0.4, 0.5) is 4.39 Å². The number of ether oxygens (including phenoxy) is 1. The molecule has 5 heteroatoms. The van der Waals surface area contributed by atoms with Crippen molar-refractivity contribution < 1.29 is 9.13 Å². The molecule has 2 aliphatic heterocycles. The molecule has 4 nitrogen and oxygen atoms in total. The molecule has 0 radical (unpaired) electrons. The van der Waals surface area contributed by atoms with Crippen LogP contribution in [0, 0.1) is 12.3 Å². The minimum absolute atomic E-state index is 0.283. The number of likely N-dealkylation sites (tertiary alicyclic amines) is 1. The summed E-state index contributed by atoms with van der Waals surface area (Å²) in [5, 5.41) is 0. The number of fused-ring (bicyclic) bond motifs is 1. The highest BCUT2D eigenvalue weighted by atomic mass is 19.1. The van der Waals surface area contributed by atoms with E-state index in [1.807, 2.05) is 12.3 Å². The van der Waals surface area contributed by atoms with Gasteiger partial charge >= 0.3 is 0 Å². The maximum Gasteiger partial charge on any atom is 0.119 e. The molecule has 1 atom stereocenters. The van der Waals surface area contributed by atoms with Gasteiger partial charge in [-0.25, -0.2) is 9.37 Å². The normalized spacial score (nSPS) is 20.5. The van der Waals surface area contributed by atoms with Gasteiger partial charge in [-0.2, -0.15) is 0 Å². The number of hydrogen-bond donors (Lipinski definition) is 0. The first-order valence-electron chi connectivity index (χ1n) is 10.9. The maximum absolute atomic E-state index is 13.2. The van der Waals surface area contributed by atoms with Crippen LogP contribution < -0.4 is 4.74 Å². The van der Waals surface area contributed by atoms with Crippen LogP contribution in [0.1, 0.15) is 47.6 Å². The van der Waals surface area contributed by atoms with Crippen LogP contribution in [0.15, 0.2) is 36.5 Å². The third kappa shape index (κ3) is 5.00. The number of pyridine rings is 1. The van der Waals surface area contributed by atoms with Crippen molar-refractivity contribution in [1.82, 2.24) is 14.8 Å². The summed E-state index contributed by atoms with van der Waals surface area (Å²) < 4.78 is 19.3. The molecule has 1 fully saturated rings. The second-order valence-corrected chi connectivity index (χ2v) is 8.45. The minimum Gasteiger partial charge on any atom is -0.494 e. The second kappa shape index (κ2) is 9.59. The fourth-order valence-corrected chi connectivity index (χ4v) is 4.50. The van der Waals surface area contributed by atoms with Gasteiger partial charge in [0.05, 0.1) is 6.61 Å². The van der Waals surface area contributed by atoms with Gasteiger partial charge in [0.25, 0.3) is 0 Å². The number of halogens is 1. The highest BCUT2D eigenvalue weighted by molar-refractivity contribution is 5.44. The summed E-state index contributed by atoms with van der Waals surface area (Å²) >= 11 is 0. The van der Waals surface area contributed by atoms with Gasteiger partial charge in [-0.3, -0.25) is 0 Å². The number of hydrogen-bond acceptors (Lipinski definition) is 4. The fourth-order valence-electron chi connectivity index (χ4n) is 4.50. The van der Waals surface area contributed by atoms with E-state index in [1.54, 1.807) is 0 Å². The Morgan fingerprint density at radius 1 is 1.23 bits per heavy atom. The summed E-state index contributed by atoms with van der Waals surface area (Å²) in [6.45, 7) is 5.26. The monoisotopic (exact) mass is 407 g/mol. The van der Waals surface area contributed by atoms with Crippen molar-refractivity contribution in [1.29, 1.82) is 0 Å². The molecule has 0 N–H and O–H groups in total. The number of nitrogens with zero attached hydrogens (tertiary/aromatic N) is 3. The average Bonchev–Trinajstić information content (AvgIpc) is 2.77. The van der Waals surface area contributed by atoms with Crippen LogP contribution in [0.25, 0.3) is 0 Å². The molecule has 2 aromatic rings. The van der Waals surface area contributed by atoms with Crippen LogP contribution in [0.3, 0.4) is 0 Å². The molecule has 0 amide bonds. The number of alkyl halides is 1. The average molecular weight is 408 g/mol. The molecule has 0 bridgehead atoms. The van der Waals surface area contributed by atoms with Crippen molar-refractivity contribution in [3.05, 3.63) is 58.9 Å². The summed E-state index contributed by atoms with van der Waals surface area (Å²) in [7, 11) is 2.15. The smallest absolute Gasteiger partial charge is 0.119 e. The van der Waals surface area contributed by atoms with Gasteiger partial charge in [0.15, 0.2) is 0 Å². The topological polar surface area (TPSA) is 28.6 Å². The first-order valence-corrected chi connectivity index (χ1v) is 10.9. The Morgan fingerprint density at radius 2 is 2.07 bits per heavy atom. The number of terminal acetylenes is 1. The Hall–Kier alpha value is -2.42. The van der Waals surface area contributed by atoms with Gasteiger partial charge in [0.2, 0.25) is 0 Å². The Labute approximate surface area is 179 Å². The van der Waals surface area contributed by atoms with E-state index < -0.39 is 6.17 Å². The van der Waals surface area contributed by atoms with E-state index in [9.17, 15) is 4.39 Å². The SMILES string of the molecule is C#Cc1ccc(C2CN(C)Cc3cc(OCCCN4CCC(F)CC4)ccc32)cn1. The van der Waals surface area contributed by atoms with Gasteiger partial charge in [-0.05, 0) is 61.2 Å². The summed E-state index contributed by atoms with van der Waals surface area (Å²) in [4.78, 5) is 9.05. The van der Waals surface area contributed by atoms with Crippen molar-refractivity contribution in [2.75, 3.05) is 39.8 Å². The maximum atomic E-state index is 13.2. The second-order valence-electron chi connectivity index (χ2n) is 8.45. The van der Waals surface area contributed by atoms with Crippen LogP contribution in [0.2, 0.25) is 0 Å². The molecule has 2 aliphatic rings. The van der Waals surface area contributed by atoms with Gasteiger partial charge < -0.3 is 14.5 Å². The number of piperidine rings is 1. The molecule has 0 aliphatic carbocycles. The number of aromatic nitrogens is 1. The first kappa shape index (κ1) is 20.8. The Balaban J connectivity index is 1.37. The predicted octanol–water partition coefficient (Wildman–Crippen LogP) is 3.84. The standard InChI is InChI=1S/C25H30FN3O/c1-3-22-6-5-19(16-27-22)25-18-28(2)17-20-15-23(7-8-24(20)25)30-14-4-11-29-12-9-21(26)10-13-29/h1,5-8,15-16,21,25H,4,9-14,17-18H2,2H3. The molecular weight excluding hydrogens is 377 g/mol. The van der Waals surface area contributed by atoms with Crippen LogP contribution in [0.5, 0.6) is 5.75 Å². The summed E-state index contributed by atoms with van der Waals surface area (Å²) in [5.41, 5.74) is 4.50. The Bertz CT molecular complexity index is 884. The van der Waals surface area contributed by atoms with Gasteiger partial charge in [-0.1, -0.05) is 18.1 Å². The quantitative estimate of drug-likeness (QED) is 0.537. The third-order valence-electron chi connectivity index (χ3n) is 6.17. The molecular formula is C25H30FN3O. The van der Waals surface area contributed by atoms with E-state index in [4.69, 9.17) is 11.2 Å². The predicted molar refractivity (Wildman–Crippen MR) is 117 cm³/mol. The lowest BCUT2D eigenvalue weighted by Crippen LogP contribution is -2.35. The number of likely N-dealkylation sites (N-methyl/N-ethyl adjacent to an activating group) is 1. The molecule has 0 saturated carbocycles. The van der Waals surface area contributed by atoms with Gasteiger partial charge in [0.1, 0.15) is 17.6 Å². The molecule has 1 aromatic heterocycles. The van der Waals surface area contributed by atoms with Crippen molar-refractivity contribution in [2.45, 2.75) is 37.9 Å². The molecule has 1 unspecified atom stereocenters. The van der Waals surface area contributed by atoms with E-state index >= 15 is 0 Å². The van der Waals surface area contributed by atoms with Gasteiger partial charge in [-0.15, -0.1) is 6.42 Å². The fraction of sp³-hybridized carbons (Fsp3) is 0.480. The highest BCUT2D eigenvalue weighted by Crippen LogP contribution is 2.34. The van der Waals surface area contributed by atoms with E-state index in [-0.39, 0.29) is 5.92 Å². The zero-order valence-electron chi connectivity index (χ0n) is 17.7. The lowest BCUT2D eigenvalue weighted by molar-refractivity contribution is 0.143. The van der Waals surface area contributed by atoms with E-state index in [0.717, 1.165) is 44.9 Å². The van der Waals surface area contributed by atoms with Crippen molar-refractivity contribution in [3.8, 4) is 18.1 Å². The number of benzene rings is 1. The van der Waals surface area contributed by atoms with Crippen molar-refractivity contribution >= 4 is 0 Å². The molecule has 158 valence electrons. The molecule has 30 heavy (non-hydrogen) atoms. The molecule has 4 rings (SSSR count). The van der Waals surface area contributed by atoms with Crippen molar-refractivity contribution in [3.63, 3.8) is 0 Å². The molecule has 3 heterocycles. The van der Waals surface area contributed by atoms with Crippen molar-refractivity contribution in [2.24, 2.45) is 0 Å². The number of rotatable bonds is 6. The van der Waals surface area contributed by atoms with E-state index in [0.29, 0.717) is 25.1 Å². The zero-order chi connectivity index (χ0) is 20.9.